The van der Waals surface area contributed by atoms with Gasteiger partial charge in [0.1, 0.15) is 11.8 Å². The molecule has 0 saturated heterocycles. The fraction of sp³-hybridized carbons (Fsp3) is 0.231. The van der Waals surface area contributed by atoms with Gasteiger partial charge >= 0.3 is 0 Å². The van der Waals surface area contributed by atoms with Gasteiger partial charge in [-0.15, -0.1) is 0 Å². The lowest BCUT2D eigenvalue weighted by atomic mass is 10.1. The molecule has 0 fully saturated rings. The van der Waals surface area contributed by atoms with E-state index in [4.69, 9.17) is 0 Å². The molecule has 3 heterocycles. The Bertz CT molecular complexity index is 615. The van der Waals surface area contributed by atoms with Crippen LogP contribution in [0.15, 0.2) is 24.5 Å². The Hall–Kier alpha value is -2.32. The molecule has 0 spiro atoms. The third-order valence-corrected chi connectivity index (χ3v) is 2.98. The Balaban J connectivity index is 2.16. The van der Waals surface area contributed by atoms with Crippen molar-refractivity contribution in [2.75, 3.05) is 6.54 Å². The summed E-state index contributed by atoms with van der Waals surface area (Å²) < 4.78 is 0. The van der Waals surface area contributed by atoms with E-state index in [-0.39, 0.29) is 0 Å². The standard InChI is InChI=1S/C13H11N5/c14-7-12-10-8-16-6-3-11(10)17-13(18-12)9-1-4-15-5-2-9/h1-2,4-5,16H,3,6,8H2. The van der Waals surface area contributed by atoms with Crippen LogP contribution in [0.2, 0.25) is 0 Å². The predicted octanol–water partition coefficient (Wildman–Crippen LogP) is 1.06. The molecular formula is C13H11N5. The zero-order chi connectivity index (χ0) is 12.4. The molecule has 0 aromatic carbocycles. The van der Waals surface area contributed by atoms with Crippen LogP contribution in [0.4, 0.5) is 0 Å². The quantitative estimate of drug-likeness (QED) is 0.802. The summed E-state index contributed by atoms with van der Waals surface area (Å²) in [6.07, 6.45) is 4.24. The van der Waals surface area contributed by atoms with Crippen LogP contribution in [-0.4, -0.2) is 21.5 Å². The van der Waals surface area contributed by atoms with Gasteiger partial charge in [0.15, 0.2) is 5.82 Å². The number of nitrogens with zero attached hydrogens (tertiary/aromatic N) is 4. The highest BCUT2D eigenvalue weighted by Gasteiger charge is 2.17. The number of nitriles is 1. The fourth-order valence-electron chi connectivity index (χ4n) is 2.07. The maximum Gasteiger partial charge on any atom is 0.161 e. The van der Waals surface area contributed by atoms with E-state index in [9.17, 15) is 5.26 Å². The monoisotopic (exact) mass is 237 g/mol. The summed E-state index contributed by atoms with van der Waals surface area (Å²) in [7, 11) is 0. The molecule has 0 aliphatic carbocycles. The summed E-state index contributed by atoms with van der Waals surface area (Å²) in [5.41, 5.74) is 3.27. The van der Waals surface area contributed by atoms with Crippen LogP contribution in [-0.2, 0) is 13.0 Å². The highest BCUT2D eigenvalue weighted by atomic mass is 15.0. The first-order valence-corrected chi connectivity index (χ1v) is 5.79. The summed E-state index contributed by atoms with van der Waals surface area (Å²) >= 11 is 0. The van der Waals surface area contributed by atoms with Crippen molar-refractivity contribution in [3.63, 3.8) is 0 Å². The summed E-state index contributed by atoms with van der Waals surface area (Å²) in [4.78, 5) is 12.9. The van der Waals surface area contributed by atoms with Gasteiger partial charge in [0, 0.05) is 43.0 Å². The minimum absolute atomic E-state index is 0.471. The van der Waals surface area contributed by atoms with Crippen molar-refractivity contribution in [2.45, 2.75) is 13.0 Å². The second-order valence-corrected chi connectivity index (χ2v) is 4.10. The number of rotatable bonds is 1. The van der Waals surface area contributed by atoms with Gasteiger partial charge < -0.3 is 5.32 Å². The largest absolute Gasteiger partial charge is 0.312 e. The van der Waals surface area contributed by atoms with Gasteiger partial charge in [-0.25, -0.2) is 9.97 Å². The molecule has 0 radical (unpaired) electrons. The lowest BCUT2D eigenvalue weighted by Crippen LogP contribution is -2.26. The van der Waals surface area contributed by atoms with Gasteiger partial charge in [0.05, 0.1) is 5.69 Å². The Kier molecular flexibility index (Phi) is 2.71. The number of hydrogen-bond donors (Lipinski definition) is 1. The normalized spacial score (nSPS) is 13.7. The van der Waals surface area contributed by atoms with E-state index in [2.05, 4.69) is 26.3 Å². The van der Waals surface area contributed by atoms with E-state index >= 15 is 0 Å². The van der Waals surface area contributed by atoms with E-state index in [1.54, 1.807) is 12.4 Å². The van der Waals surface area contributed by atoms with Gasteiger partial charge in [-0.05, 0) is 12.1 Å². The van der Waals surface area contributed by atoms with Crippen molar-refractivity contribution < 1.29 is 0 Å². The molecule has 1 aliphatic rings. The number of aromatic nitrogens is 3. The topological polar surface area (TPSA) is 74.5 Å². The third-order valence-electron chi connectivity index (χ3n) is 2.98. The smallest absolute Gasteiger partial charge is 0.161 e. The molecule has 0 unspecified atom stereocenters. The molecule has 3 rings (SSSR count). The molecule has 0 saturated carbocycles. The molecule has 1 N–H and O–H groups in total. The number of pyridine rings is 1. The van der Waals surface area contributed by atoms with Crippen LogP contribution in [0.3, 0.4) is 0 Å². The molecular weight excluding hydrogens is 226 g/mol. The Morgan fingerprint density at radius 1 is 1.22 bits per heavy atom. The molecule has 0 atom stereocenters. The molecule has 5 nitrogen and oxygen atoms in total. The van der Waals surface area contributed by atoms with Crippen LogP contribution in [0.25, 0.3) is 11.4 Å². The minimum atomic E-state index is 0.471. The molecule has 5 heteroatoms. The Morgan fingerprint density at radius 3 is 2.83 bits per heavy atom. The average molecular weight is 237 g/mol. The molecule has 2 aromatic heterocycles. The lowest BCUT2D eigenvalue weighted by molar-refractivity contribution is 0.624. The zero-order valence-corrected chi connectivity index (χ0v) is 9.72. The third kappa shape index (κ3) is 1.83. The lowest BCUT2D eigenvalue weighted by Gasteiger charge is -2.17. The van der Waals surface area contributed by atoms with Crippen LogP contribution < -0.4 is 5.32 Å². The average Bonchev–Trinajstić information content (AvgIpc) is 2.47. The molecule has 1 aliphatic heterocycles. The van der Waals surface area contributed by atoms with E-state index < -0.39 is 0 Å². The highest BCUT2D eigenvalue weighted by molar-refractivity contribution is 5.56. The first-order valence-electron chi connectivity index (χ1n) is 5.79. The number of fused-ring (bicyclic) bond motifs is 1. The van der Waals surface area contributed by atoms with Crippen molar-refractivity contribution >= 4 is 0 Å². The maximum atomic E-state index is 9.18. The van der Waals surface area contributed by atoms with E-state index in [1.807, 2.05) is 12.1 Å². The van der Waals surface area contributed by atoms with E-state index in [0.717, 1.165) is 29.8 Å². The predicted molar refractivity (Wildman–Crippen MR) is 65.4 cm³/mol. The summed E-state index contributed by atoms with van der Waals surface area (Å²) in [6.45, 7) is 1.57. The Labute approximate surface area is 105 Å². The summed E-state index contributed by atoms with van der Waals surface area (Å²) in [5, 5.41) is 12.4. The second-order valence-electron chi connectivity index (χ2n) is 4.10. The van der Waals surface area contributed by atoms with Crippen molar-refractivity contribution in [2.24, 2.45) is 0 Å². The van der Waals surface area contributed by atoms with Gasteiger partial charge in [0.25, 0.3) is 0 Å². The van der Waals surface area contributed by atoms with Crippen LogP contribution in [0.1, 0.15) is 17.0 Å². The van der Waals surface area contributed by atoms with Crippen LogP contribution in [0.5, 0.6) is 0 Å². The van der Waals surface area contributed by atoms with Crippen molar-refractivity contribution in [1.29, 1.82) is 5.26 Å². The molecule has 2 aromatic rings. The molecule has 0 bridgehead atoms. The summed E-state index contributed by atoms with van der Waals surface area (Å²) in [5.74, 6) is 0.606. The SMILES string of the molecule is N#Cc1nc(-c2ccncc2)nc2c1CNCC2. The highest BCUT2D eigenvalue weighted by Crippen LogP contribution is 2.20. The van der Waals surface area contributed by atoms with E-state index in [1.165, 1.54) is 0 Å². The van der Waals surface area contributed by atoms with Gasteiger partial charge in [-0.2, -0.15) is 5.26 Å². The molecule has 88 valence electrons. The number of hydrogen-bond acceptors (Lipinski definition) is 5. The summed E-state index contributed by atoms with van der Waals surface area (Å²) in [6, 6.07) is 5.86. The second kappa shape index (κ2) is 4.51. The van der Waals surface area contributed by atoms with Crippen LogP contribution >= 0.6 is 0 Å². The van der Waals surface area contributed by atoms with Gasteiger partial charge in [-0.3, -0.25) is 4.98 Å². The first kappa shape index (κ1) is 10.8. The fourth-order valence-corrected chi connectivity index (χ4v) is 2.07. The van der Waals surface area contributed by atoms with E-state index in [0.29, 0.717) is 18.1 Å². The molecule has 0 amide bonds. The first-order chi connectivity index (χ1) is 8.88. The van der Waals surface area contributed by atoms with Crippen molar-refractivity contribution in [3.05, 3.63) is 41.5 Å². The molecule has 18 heavy (non-hydrogen) atoms. The van der Waals surface area contributed by atoms with Crippen molar-refractivity contribution in [1.82, 2.24) is 20.3 Å². The van der Waals surface area contributed by atoms with Crippen molar-refractivity contribution in [3.8, 4) is 17.5 Å². The zero-order valence-electron chi connectivity index (χ0n) is 9.72. The minimum Gasteiger partial charge on any atom is -0.312 e. The Morgan fingerprint density at radius 2 is 2.06 bits per heavy atom. The number of nitrogens with one attached hydrogen (secondary N) is 1. The van der Waals surface area contributed by atoms with Gasteiger partial charge in [-0.1, -0.05) is 0 Å². The van der Waals surface area contributed by atoms with Crippen LogP contribution in [0, 0.1) is 11.3 Å². The maximum absolute atomic E-state index is 9.18. The van der Waals surface area contributed by atoms with Gasteiger partial charge in [0.2, 0.25) is 0 Å².